The van der Waals surface area contributed by atoms with Gasteiger partial charge in [0.15, 0.2) is 0 Å². The second-order valence-corrected chi connectivity index (χ2v) is 8.18. The third kappa shape index (κ3) is 4.93. The molecular formula is C27H23FN4O2. The minimum absolute atomic E-state index is 0.0701. The molecule has 170 valence electrons. The number of hydrogen-bond acceptors (Lipinski definition) is 5. The monoisotopic (exact) mass is 454 g/mol. The molecule has 0 bridgehead atoms. The van der Waals surface area contributed by atoms with Crippen LogP contribution in [0.4, 0.5) is 4.39 Å². The van der Waals surface area contributed by atoms with E-state index >= 15 is 0 Å². The van der Waals surface area contributed by atoms with Crippen LogP contribution >= 0.6 is 0 Å². The predicted molar refractivity (Wildman–Crippen MR) is 125 cm³/mol. The number of amides is 1. The van der Waals surface area contributed by atoms with Crippen molar-refractivity contribution >= 4 is 5.91 Å². The van der Waals surface area contributed by atoms with Crippen LogP contribution in [0.1, 0.15) is 46.2 Å². The van der Waals surface area contributed by atoms with Crippen LogP contribution in [-0.4, -0.2) is 32.3 Å². The molecule has 3 heterocycles. The lowest BCUT2D eigenvalue weighted by molar-refractivity contribution is 0.0732. The highest BCUT2D eigenvalue weighted by Gasteiger charge is 2.31. The molecule has 0 aliphatic carbocycles. The van der Waals surface area contributed by atoms with E-state index in [1.807, 2.05) is 29.2 Å². The molecule has 0 saturated carbocycles. The Balaban J connectivity index is 1.34. The summed E-state index contributed by atoms with van der Waals surface area (Å²) >= 11 is 0. The molecule has 6 nitrogen and oxygen atoms in total. The van der Waals surface area contributed by atoms with Gasteiger partial charge in [0.2, 0.25) is 0 Å². The lowest BCUT2D eigenvalue weighted by atomic mass is 10.1. The second-order valence-electron chi connectivity index (χ2n) is 8.18. The first-order valence-electron chi connectivity index (χ1n) is 11.2. The van der Waals surface area contributed by atoms with E-state index in [2.05, 4.69) is 9.97 Å². The topological polar surface area (TPSA) is 68.2 Å². The van der Waals surface area contributed by atoms with Gasteiger partial charge in [0.25, 0.3) is 5.91 Å². The highest BCUT2D eigenvalue weighted by molar-refractivity contribution is 5.95. The van der Waals surface area contributed by atoms with Crippen molar-refractivity contribution in [2.24, 2.45) is 0 Å². The van der Waals surface area contributed by atoms with Crippen molar-refractivity contribution in [3.63, 3.8) is 0 Å². The summed E-state index contributed by atoms with van der Waals surface area (Å²) in [6.07, 6.45) is 5.48. The first-order chi connectivity index (χ1) is 16.7. The molecule has 7 heteroatoms. The molecule has 34 heavy (non-hydrogen) atoms. The second kappa shape index (κ2) is 9.79. The van der Waals surface area contributed by atoms with Gasteiger partial charge in [-0.3, -0.25) is 9.78 Å². The third-order valence-electron chi connectivity index (χ3n) is 5.79. The molecule has 1 saturated heterocycles. The molecule has 1 aliphatic heterocycles. The molecule has 4 aromatic rings. The number of nitrogens with zero attached hydrogens (tertiary/aromatic N) is 4. The lowest BCUT2D eigenvalue weighted by Gasteiger charge is -2.25. The fourth-order valence-electron chi connectivity index (χ4n) is 4.26. The van der Waals surface area contributed by atoms with Crippen LogP contribution in [0.25, 0.3) is 0 Å². The van der Waals surface area contributed by atoms with Crippen molar-refractivity contribution in [3.8, 4) is 11.8 Å². The van der Waals surface area contributed by atoms with Crippen molar-refractivity contribution < 1.29 is 13.9 Å². The van der Waals surface area contributed by atoms with E-state index in [0.717, 1.165) is 29.8 Å². The first-order valence-corrected chi connectivity index (χ1v) is 11.2. The van der Waals surface area contributed by atoms with Crippen LogP contribution < -0.4 is 4.74 Å². The number of rotatable bonds is 6. The van der Waals surface area contributed by atoms with E-state index in [1.54, 1.807) is 48.8 Å². The molecular weight excluding hydrogens is 431 g/mol. The maximum Gasteiger partial charge on any atom is 0.321 e. The summed E-state index contributed by atoms with van der Waals surface area (Å²) in [6.45, 7) is 0.659. The van der Waals surface area contributed by atoms with E-state index in [1.165, 1.54) is 12.1 Å². The van der Waals surface area contributed by atoms with Crippen molar-refractivity contribution in [1.82, 2.24) is 19.9 Å². The number of aromatic nitrogens is 3. The molecule has 0 spiro atoms. The smallest absolute Gasteiger partial charge is 0.321 e. The number of halogens is 1. The van der Waals surface area contributed by atoms with Crippen LogP contribution in [-0.2, 0) is 6.42 Å². The summed E-state index contributed by atoms with van der Waals surface area (Å²) in [7, 11) is 0. The molecule has 0 radical (unpaired) electrons. The predicted octanol–water partition coefficient (Wildman–Crippen LogP) is 5.37. The average molecular weight is 455 g/mol. The zero-order valence-electron chi connectivity index (χ0n) is 18.5. The minimum atomic E-state index is -0.258. The number of ether oxygens (including phenoxy) is 1. The Bertz CT molecular complexity index is 1300. The molecule has 0 N–H and O–H groups in total. The summed E-state index contributed by atoms with van der Waals surface area (Å²) in [5, 5.41) is 0. The fourth-order valence-corrected chi connectivity index (χ4v) is 4.26. The zero-order valence-corrected chi connectivity index (χ0v) is 18.5. The van der Waals surface area contributed by atoms with Crippen molar-refractivity contribution in [2.75, 3.05) is 6.54 Å². The van der Waals surface area contributed by atoms with E-state index < -0.39 is 0 Å². The van der Waals surface area contributed by atoms with E-state index in [9.17, 15) is 9.18 Å². The van der Waals surface area contributed by atoms with Gasteiger partial charge >= 0.3 is 6.01 Å². The third-order valence-corrected chi connectivity index (χ3v) is 5.79. The molecule has 1 unspecified atom stereocenters. The van der Waals surface area contributed by atoms with Crippen LogP contribution in [0, 0.1) is 5.82 Å². The Morgan fingerprint density at radius 3 is 2.68 bits per heavy atom. The van der Waals surface area contributed by atoms with Crippen molar-refractivity contribution in [1.29, 1.82) is 0 Å². The number of carbonyl (C=O) groups excluding carboxylic acids is 1. The maximum absolute atomic E-state index is 13.6. The number of carbonyl (C=O) groups is 1. The van der Waals surface area contributed by atoms with Crippen LogP contribution in [0.5, 0.6) is 11.8 Å². The Kier molecular flexibility index (Phi) is 6.25. The molecule has 1 amide bonds. The number of likely N-dealkylation sites (tertiary alicyclic amines) is 1. The largest absolute Gasteiger partial charge is 0.424 e. The van der Waals surface area contributed by atoms with Gasteiger partial charge in [0.05, 0.1) is 11.7 Å². The lowest BCUT2D eigenvalue weighted by Crippen LogP contribution is -2.31. The van der Waals surface area contributed by atoms with Crippen LogP contribution in [0.3, 0.4) is 0 Å². The molecule has 5 rings (SSSR count). The molecule has 1 atom stereocenters. The highest BCUT2D eigenvalue weighted by atomic mass is 19.1. The standard InChI is InChI=1S/C27H23FN4O2/c28-21-8-1-6-19(16-21)17-22-9-3-11-24(31-22)25-12-4-15-32(25)26(33)20-7-2-10-23(18-20)34-27-29-13-5-14-30-27/h1-3,5-11,13-14,16,18,25H,4,12,15,17H2. The van der Waals surface area contributed by atoms with Gasteiger partial charge in [-0.1, -0.05) is 24.3 Å². The van der Waals surface area contributed by atoms with Gasteiger partial charge in [-0.05, 0) is 66.9 Å². The van der Waals surface area contributed by atoms with Crippen molar-refractivity contribution in [3.05, 3.63) is 114 Å². The number of benzene rings is 2. The Hall–Kier alpha value is -4.13. The number of pyridine rings is 1. The first kappa shape index (κ1) is 21.7. The quantitative estimate of drug-likeness (QED) is 0.392. The Morgan fingerprint density at radius 2 is 1.82 bits per heavy atom. The molecule has 1 fully saturated rings. The summed E-state index contributed by atoms with van der Waals surface area (Å²) in [5.74, 6) is 0.175. The van der Waals surface area contributed by atoms with Crippen molar-refractivity contribution in [2.45, 2.75) is 25.3 Å². The summed E-state index contributed by atoms with van der Waals surface area (Å²) in [5.41, 5.74) is 3.10. The van der Waals surface area contributed by atoms with Crippen LogP contribution in [0.2, 0.25) is 0 Å². The zero-order chi connectivity index (χ0) is 23.3. The highest BCUT2D eigenvalue weighted by Crippen LogP contribution is 2.33. The van der Waals surface area contributed by atoms with Crippen LogP contribution in [0.15, 0.2) is 85.2 Å². The minimum Gasteiger partial charge on any atom is -0.424 e. The van der Waals surface area contributed by atoms with E-state index in [-0.39, 0.29) is 23.8 Å². The molecule has 2 aromatic heterocycles. The maximum atomic E-state index is 13.6. The van der Waals surface area contributed by atoms with E-state index in [4.69, 9.17) is 9.72 Å². The summed E-state index contributed by atoms with van der Waals surface area (Å²) < 4.78 is 19.3. The normalized spacial score (nSPS) is 15.3. The van der Waals surface area contributed by atoms with Gasteiger partial charge in [-0.2, -0.15) is 0 Å². The van der Waals surface area contributed by atoms with Gasteiger partial charge in [0, 0.05) is 36.6 Å². The van der Waals surface area contributed by atoms with Gasteiger partial charge < -0.3 is 9.64 Å². The molecule has 2 aromatic carbocycles. The molecule has 1 aliphatic rings. The van der Waals surface area contributed by atoms with Gasteiger partial charge in [-0.15, -0.1) is 0 Å². The van der Waals surface area contributed by atoms with Gasteiger partial charge in [0.1, 0.15) is 11.6 Å². The number of hydrogen-bond donors (Lipinski definition) is 0. The fraction of sp³-hybridized carbons (Fsp3) is 0.185. The van der Waals surface area contributed by atoms with Gasteiger partial charge in [-0.25, -0.2) is 14.4 Å². The Morgan fingerprint density at radius 1 is 1.00 bits per heavy atom. The SMILES string of the molecule is O=C(c1cccc(Oc2ncccn2)c1)N1CCCC1c1cccc(Cc2cccc(F)c2)n1. The van der Waals surface area contributed by atoms with E-state index in [0.29, 0.717) is 24.3 Å². The summed E-state index contributed by atoms with van der Waals surface area (Å²) in [4.78, 5) is 28.2. The Labute approximate surface area is 197 Å². The average Bonchev–Trinajstić information content (AvgIpc) is 3.35. The summed E-state index contributed by atoms with van der Waals surface area (Å²) in [6, 6.07) is 21.3.